The molecule has 1 aliphatic carbocycles. The molecule has 5 heteroatoms. The molecule has 1 aliphatic rings. The van der Waals surface area contributed by atoms with Crippen LogP contribution in [0.5, 0.6) is 0 Å². The lowest BCUT2D eigenvalue weighted by atomic mass is 9.88. The van der Waals surface area contributed by atoms with Crippen molar-refractivity contribution in [2.45, 2.75) is 44.2 Å². The Morgan fingerprint density at radius 1 is 1.14 bits per heavy atom. The van der Waals surface area contributed by atoms with E-state index < -0.39 is 11.6 Å². The summed E-state index contributed by atoms with van der Waals surface area (Å²) < 4.78 is 26.6. The highest BCUT2D eigenvalue weighted by atomic mass is 19.1. The normalized spacial score (nSPS) is 21.9. The summed E-state index contributed by atoms with van der Waals surface area (Å²) in [6.45, 7) is 0. The third-order valence-corrected chi connectivity index (χ3v) is 4.60. The van der Waals surface area contributed by atoms with Crippen molar-refractivity contribution in [3.05, 3.63) is 35.4 Å². The van der Waals surface area contributed by atoms with Gasteiger partial charge in [-0.15, -0.1) is 0 Å². The molecule has 0 bridgehead atoms. The molecule has 1 aromatic carbocycles. The molecule has 0 spiro atoms. The fourth-order valence-corrected chi connectivity index (χ4v) is 3.28. The summed E-state index contributed by atoms with van der Waals surface area (Å²) in [5.74, 6) is -1.40. The molecule has 2 atom stereocenters. The molecule has 0 N–H and O–H groups in total. The molecule has 1 fully saturated rings. The molecular formula is C17H24F2N2O. The first-order chi connectivity index (χ1) is 10.4. The average molecular weight is 310 g/mol. The average Bonchev–Trinajstić information content (AvgIpc) is 2.49. The molecule has 1 saturated carbocycles. The van der Waals surface area contributed by atoms with Crippen LogP contribution in [0.15, 0.2) is 18.2 Å². The van der Waals surface area contributed by atoms with Gasteiger partial charge in [0.25, 0.3) is 0 Å². The Morgan fingerprint density at radius 2 is 1.77 bits per heavy atom. The highest BCUT2D eigenvalue weighted by molar-refractivity contribution is 5.79. The molecular weight excluding hydrogens is 286 g/mol. The Bertz CT molecular complexity index is 533. The molecule has 122 valence electrons. The van der Waals surface area contributed by atoms with E-state index in [4.69, 9.17) is 0 Å². The lowest BCUT2D eigenvalue weighted by molar-refractivity contribution is -0.133. The van der Waals surface area contributed by atoms with E-state index in [1.165, 1.54) is 18.6 Å². The van der Waals surface area contributed by atoms with Crippen molar-refractivity contribution in [2.75, 3.05) is 21.1 Å². The highest BCUT2D eigenvalue weighted by Gasteiger charge is 2.32. The van der Waals surface area contributed by atoms with Crippen LogP contribution in [-0.2, 0) is 11.2 Å². The minimum atomic E-state index is -0.658. The molecule has 3 nitrogen and oxygen atoms in total. The van der Waals surface area contributed by atoms with Gasteiger partial charge in [-0.1, -0.05) is 18.9 Å². The predicted octanol–water partition coefficient (Wildman–Crippen LogP) is 2.84. The minimum absolute atomic E-state index is 0.0285. The van der Waals surface area contributed by atoms with Crippen molar-refractivity contribution in [3.8, 4) is 0 Å². The third kappa shape index (κ3) is 3.83. The molecule has 0 saturated heterocycles. The second-order valence-electron chi connectivity index (χ2n) is 6.30. The Morgan fingerprint density at radius 3 is 2.36 bits per heavy atom. The van der Waals surface area contributed by atoms with Gasteiger partial charge in [0.2, 0.25) is 5.91 Å². The Kier molecular flexibility index (Phi) is 5.51. The monoisotopic (exact) mass is 310 g/mol. The zero-order chi connectivity index (χ0) is 16.3. The molecule has 2 rings (SSSR count). The van der Waals surface area contributed by atoms with E-state index in [0.717, 1.165) is 25.3 Å². The van der Waals surface area contributed by atoms with Gasteiger partial charge in [0.05, 0.1) is 6.42 Å². The number of carbonyl (C=O) groups is 1. The number of amides is 1. The fourth-order valence-electron chi connectivity index (χ4n) is 3.28. The molecule has 1 amide bonds. The molecule has 0 aliphatic heterocycles. The largest absolute Gasteiger partial charge is 0.341 e. The van der Waals surface area contributed by atoms with Gasteiger partial charge in [0.15, 0.2) is 0 Å². The van der Waals surface area contributed by atoms with Crippen LogP contribution < -0.4 is 0 Å². The van der Waals surface area contributed by atoms with Crippen molar-refractivity contribution in [1.29, 1.82) is 0 Å². The summed E-state index contributed by atoms with van der Waals surface area (Å²) in [5, 5.41) is 0. The van der Waals surface area contributed by atoms with Crippen molar-refractivity contribution in [3.63, 3.8) is 0 Å². The Hall–Kier alpha value is -1.49. The van der Waals surface area contributed by atoms with Crippen molar-refractivity contribution >= 4 is 5.91 Å². The number of likely N-dealkylation sites (N-methyl/N-ethyl adjacent to an activating group) is 2. The quantitative estimate of drug-likeness (QED) is 0.854. The van der Waals surface area contributed by atoms with E-state index in [1.54, 1.807) is 11.9 Å². The van der Waals surface area contributed by atoms with Gasteiger partial charge in [-0.05, 0) is 38.6 Å². The summed E-state index contributed by atoms with van der Waals surface area (Å²) >= 11 is 0. The minimum Gasteiger partial charge on any atom is -0.341 e. The topological polar surface area (TPSA) is 23.6 Å². The number of rotatable bonds is 4. The van der Waals surface area contributed by atoms with Gasteiger partial charge in [-0.2, -0.15) is 0 Å². The summed E-state index contributed by atoms with van der Waals surface area (Å²) in [6.07, 6.45) is 4.29. The molecule has 0 aromatic heterocycles. The summed E-state index contributed by atoms with van der Waals surface area (Å²) in [4.78, 5) is 16.4. The van der Waals surface area contributed by atoms with E-state index in [1.807, 2.05) is 14.1 Å². The zero-order valence-corrected chi connectivity index (χ0v) is 13.5. The first-order valence-corrected chi connectivity index (χ1v) is 7.76. The van der Waals surface area contributed by atoms with Gasteiger partial charge in [-0.3, -0.25) is 4.79 Å². The number of nitrogens with zero attached hydrogens (tertiary/aromatic N) is 2. The van der Waals surface area contributed by atoms with E-state index in [2.05, 4.69) is 4.90 Å². The second-order valence-corrected chi connectivity index (χ2v) is 6.30. The van der Waals surface area contributed by atoms with Crippen LogP contribution in [0.4, 0.5) is 8.78 Å². The van der Waals surface area contributed by atoms with Gasteiger partial charge in [0, 0.05) is 25.2 Å². The summed E-state index contributed by atoms with van der Waals surface area (Å²) in [5.41, 5.74) is 0.246. The Balaban J connectivity index is 2.07. The smallest absolute Gasteiger partial charge is 0.227 e. The molecule has 22 heavy (non-hydrogen) atoms. The number of halogens is 2. The SMILES string of the molecule is CN(C)C1CCCCC1N(C)C(=O)Cc1ccc(F)cc1F. The third-order valence-electron chi connectivity index (χ3n) is 4.60. The van der Waals surface area contributed by atoms with E-state index in [-0.39, 0.29) is 23.9 Å². The van der Waals surface area contributed by atoms with Crippen LogP contribution in [0.25, 0.3) is 0 Å². The van der Waals surface area contributed by atoms with Crippen LogP contribution in [0, 0.1) is 11.6 Å². The van der Waals surface area contributed by atoms with E-state index in [0.29, 0.717) is 6.04 Å². The van der Waals surface area contributed by atoms with Crippen LogP contribution in [0.1, 0.15) is 31.2 Å². The van der Waals surface area contributed by atoms with Crippen molar-refractivity contribution in [1.82, 2.24) is 9.80 Å². The lowest BCUT2D eigenvalue weighted by Gasteiger charge is -2.41. The maximum atomic E-state index is 13.7. The molecule has 1 aromatic rings. The van der Waals surface area contributed by atoms with Crippen molar-refractivity contribution < 1.29 is 13.6 Å². The second kappa shape index (κ2) is 7.18. The predicted molar refractivity (Wildman–Crippen MR) is 82.6 cm³/mol. The maximum absolute atomic E-state index is 13.7. The maximum Gasteiger partial charge on any atom is 0.227 e. The van der Waals surface area contributed by atoms with Crippen LogP contribution in [-0.4, -0.2) is 48.9 Å². The number of hydrogen-bond donors (Lipinski definition) is 0. The van der Waals surface area contributed by atoms with E-state index in [9.17, 15) is 13.6 Å². The first kappa shape index (κ1) is 16.9. The van der Waals surface area contributed by atoms with Gasteiger partial charge in [0.1, 0.15) is 11.6 Å². The van der Waals surface area contributed by atoms with Crippen LogP contribution in [0.2, 0.25) is 0 Å². The van der Waals surface area contributed by atoms with Gasteiger partial charge < -0.3 is 9.80 Å². The fraction of sp³-hybridized carbons (Fsp3) is 0.588. The highest BCUT2D eigenvalue weighted by Crippen LogP contribution is 2.26. The van der Waals surface area contributed by atoms with Crippen LogP contribution >= 0.6 is 0 Å². The number of hydrogen-bond acceptors (Lipinski definition) is 2. The molecule has 0 radical (unpaired) electrons. The summed E-state index contributed by atoms with van der Waals surface area (Å²) in [7, 11) is 5.85. The number of benzene rings is 1. The molecule has 2 unspecified atom stereocenters. The molecule has 0 heterocycles. The first-order valence-electron chi connectivity index (χ1n) is 7.76. The van der Waals surface area contributed by atoms with Gasteiger partial charge in [-0.25, -0.2) is 8.78 Å². The standard InChI is InChI=1S/C17H24F2N2O/c1-20(2)15-6-4-5-7-16(15)21(3)17(22)10-12-8-9-13(18)11-14(12)19/h8-9,11,15-16H,4-7,10H2,1-3H3. The Labute approximate surface area is 130 Å². The van der Waals surface area contributed by atoms with Gasteiger partial charge >= 0.3 is 0 Å². The number of carbonyl (C=O) groups excluding carboxylic acids is 1. The zero-order valence-electron chi connectivity index (χ0n) is 13.5. The summed E-state index contributed by atoms with van der Waals surface area (Å²) in [6, 6.07) is 3.85. The van der Waals surface area contributed by atoms with Crippen molar-refractivity contribution in [2.24, 2.45) is 0 Å². The van der Waals surface area contributed by atoms with Crippen LogP contribution in [0.3, 0.4) is 0 Å². The lowest BCUT2D eigenvalue weighted by Crippen LogP contribution is -2.52. The van der Waals surface area contributed by atoms with E-state index >= 15 is 0 Å².